The van der Waals surface area contributed by atoms with Crippen molar-refractivity contribution in [1.29, 1.82) is 0 Å². The molecule has 3 aromatic rings. The molecule has 1 N–H and O–H groups in total. The lowest BCUT2D eigenvalue weighted by Gasteiger charge is -2.16. The molecule has 29 heavy (non-hydrogen) atoms. The first kappa shape index (κ1) is 18.7. The maximum Gasteiger partial charge on any atom is 0.354 e. The Kier molecular flexibility index (Phi) is 4.54. The molecule has 0 spiro atoms. The summed E-state index contributed by atoms with van der Waals surface area (Å²) in [7, 11) is 0. The van der Waals surface area contributed by atoms with Crippen molar-refractivity contribution in [1.82, 2.24) is 9.88 Å². The van der Waals surface area contributed by atoms with Gasteiger partial charge in [-0.25, -0.2) is 18.6 Å². The molecule has 2 aromatic carbocycles. The van der Waals surface area contributed by atoms with Crippen LogP contribution in [-0.4, -0.2) is 32.8 Å². The molecule has 1 aliphatic heterocycles. The molecule has 1 aromatic heterocycles. The van der Waals surface area contributed by atoms with Gasteiger partial charge in [0.25, 0.3) is 0 Å². The predicted octanol–water partition coefficient (Wildman–Crippen LogP) is 3.53. The third kappa shape index (κ3) is 3.33. The smallest absolute Gasteiger partial charge is 0.354 e. The number of hydrogen-bond donors (Lipinski definition) is 1. The highest BCUT2D eigenvalue weighted by molar-refractivity contribution is 6.02. The van der Waals surface area contributed by atoms with Gasteiger partial charge < -0.3 is 5.11 Å². The molecule has 6 nitrogen and oxygen atoms in total. The molecule has 0 unspecified atom stereocenters. The molecule has 0 radical (unpaired) electrons. The molecule has 2 amide bonds. The van der Waals surface area contributed by atoms with Crippen LogP contribution in [0.4, 0.5) is 8.78 Å². The molecule has 2 heterocycles. The van der Waals surface area contributed by atoms with E-state index in [4.69, 9.17) is 0 Å². The summed E-state index contributed by atoms with van der Waals surface area (Å²) in [5.74, 6) is -3.37. The number of carboxylic acid groups (broad SMARTS) is 1. The molecule has 1 saturated heterocycles. The summed E-state index contributed by atoms with van der Waals surface area (Å²) in [6, 6.07) is 9.65. The Balaban J connectivity index is 1.88. The first-order valence-corrected chi connectivity index (χ1v) is 8.79. The Morgan fingerprint density at radius 2 is 1.69 bits per heavy atom. The van der Waals surface area contributed by atoms with Crippen LogP contribution in [0.5, 0.6) is 0 Å². The van der Waals surface area contributed by atoms with E-state index >= 15 is 4.39 Å². The van der Waals surface area contributed by atoms with Crippen LogP contribution < -0.4 is 0 Å². The summed E-state index contributed by atoms with van der Waals surface area (Å²) in [5.41, 5.74) is 0.368. The number of pyridine rings is 1. The first-order chi connectivity index (χ1) is 13.8. The fourth-order valence-electron chi connectivity index (χ4n) is 3.37. The van der Waals surface area contributed by atoms with Crippen LogP contribution in [0, 0.1) is 11.6 Å². The first-order valence-electron chi connectivity index (χ1n) is 8.79. The number of aromatic carboxylic acids is 1. The largest absolute Gasteiger partial charge is 0.477 e. The average molecular weight is 396 g/mol. The summed E-state index contributed by atoms with van der Waals surface area (Å²) in [5, 5.41) is 9.71. The van der Waals surface area contributed by atoms with Gasteiger partial charge in [-0.2, -0.15) is 0 Å². The summed E-state index contributed by atoms with van der Waals surface area (Å²) in [6.07, 6.45) is 0.175. The van der Waals surface area contributed by atoms with Crippen molar-refractivity contribution in [2.75, 3.05) is 0 Å². The number of hydrogen-bond acceptors (Lipinski definition) is 4. The van der Waals surface area contributed by atoms with E-state index in [2.05, 4.69) is 4.98 Å². The molecule has 8 heteroatoms. The van der Waals surface area contributed by atoms with Gasteiger partial charge in [-0.05, 0) is 29.3 Å². The standard InChI is InChI=1S/C21H14F2N2O4/c22-13-4-1-11(2-5-13)15-9-16(21(28)29)24-20-14(15)6-3-12(19(20)23)10-25-17(26)7-8-18(25)27/h1-6,9H,7-8,10H2,(H,28,29). The summed E-state index contributed by atoms with van der Waals surface area (Å²) in [4.78, 5) is 40.1. The highest BCUT2D eigenvalue weighted by atomic mass is 19.1. The lowest BCUT2D eigenvalue weighted by molar-refractivity contribution is -0.139. The number of carbonyl (C=O) groups excluding carboxylic acids is 2. The van der Waals surface area contributed by atoms with Crippen LogP contribution in [0.2, 0.25) is 0 Å². The molecule has 0 aliphatic carbocycles. The van der Waals surface area contributed by atoms with E-state index in [-0.39, 0.29) is 48.0 Å². The van der Waals surface area contributed by atoms with Gasteiger partial charge in [0.15, 0.2) is 5.82 Å². The van der Waals surface area contributed by atoms with E-state index in [9.17, 15) is 23.9 Å². The molecular formula is C21H14F2N2O4. The van der Waals surface area contributed by atoms with Crippen molar-refractivity contribution >= 4 is 28.7 Å². The molecule has 4 rings (SSSR count). The number of carbonyl (C=O) groups is 3. The summed E-state index contributed by atoms with van der Waals surface area (Å²) >= 11 is 0. The van der Waals surface area contributed by atoms with Crippen molar-refractivity contribution in [3.8, 4) is 11.1 Å². The quantitative estimate of drug-likeness (QED) is 0.682. The van der Waals surface area contributed by atoms with Gasteiger partial charge in [0.2, 0.25) is 11.8 Å². The maximum atomic E-state index is 15.2. The van der Waals surface area contributed by atoms with Crippen molar-refractivity contribution in [3.05, 3.63) is 65.4 Å². The van der Waals surface area contributed by atoms with Gasteiger partial charge in [-0.1, -0.05) is 24.3 Å². The molecule has 0 bridgehead atoms. The minimum absolute atomic E-state index is 0.0567. The van der Waals surface area contributed by atoms with E-state index in [1.165, 1.54) is 36.4 Å². The van der Waals surface area contributed by atoms with Crippen LogP contribution in [0.1, 0.15) is 28.9 Å². The second-order valence-electron chi connectivity index (χ2n) is 6.68. The number of halogens is 2. The second kappa shape index (κ2) is 7.05. The highest BCUT2D eigenvalue weighted by Gasteiger charge is 2.30. The number of benzene rings is 2. The van der Waals surface area contributed by atoms with Crippen LogP contribution >= 0.6 is 0 Å². The van der Waals surface area contributed by atoms with E-state index < -0.39 is 17.6 Å². The van der Waals surface area contributed by atoms with Crippen molar-refractivity contribution in [2.24, 2.45) is 0 Å². The number of carboxylic acids is 1. The predicted molar refractivity (Wildman–Crippen MR) is 98.8 cm³/mol. The minimum atomic E-state index is -1.34. The number of nitrogens with zero attached hydrogens (tertiary/aromatic N) is 2. The summed E-state index contributed by atoms with van der Waals surface area (Å²) in [6.45, 7) is -0.246. The Hall–Kier alpha value is -3.68. The van der Waals surface area contributed by atoms with Crippen LogP contribution in [0.15, 0.2) is 42.5 Å². The Morgan fingerprint density at radius 1 is 1.03 bits per heavy atom. The van der Waals surface area contributed by atoms with E-state index in [0.717, 1.165) is 4.90 Å². The average Bonchev–Trinajstić information content (AvgIpc) is 3.02. The minimum Gasteiger partial charge on any atom is -0.477 e. The number of amides is 2. The fraction of sp³-hybridized carbons (Fsp3) is 0.143. The lowest BCUT2D eigenvalue weighted by Crippen LogP contribution is -2.28. The summed E-state index contributed by atoms with van der Waals surface area (Å²) < 4.78 is 28.5. The van der Waals surface area contributed by atoms with E-state index in [1.54, 1.807) is 6.07 Å². The lowest BCUT2D eigenvalue weighted by atomic mass is 9.98. The molecular weight excluding hydrogens is 382 g/mol. The molecule has 1 fully saturated rings. The topological polar surface area (TPSA) is 87.6 Å². The van der Waals surface area contributed by atoms with Gasteiger partial charge >= 0.3 is 5.97 Å². The zero-order chi connectivity index (χ0) is 20.7. The number of imide groups is 1. The number of fused-ring (bicyclic) bond motifs is 1. The van der Waals surface area contributed by atoms with Crippen molar-refractivity contribution in [2.45, 2.75) is 19.4 Å². The third-order valence-corrected chi connectivity index (χ3v) is 4.86. The highest BCUT2D eigenvalue weighted by Crippen LogP contribution is 2.32. The van der Waals surface area contributed by atoms with Crippen LogP contribution in [0.25, 0.3) is 22.0 Å². The van der Waals surface area contributed by atoms with Gasteiger partial charge in [-0.15, -0.1) is 0 Å². The van der Waals surface area contributed by atoms with Gasteiger partial charge in [0, 0.05) is 23.8 Å². The number of rotatable bonds is 4. The Labute approximate surface area is 163 Å². The maximum absolute atomic E-state index is 15.2. The van der Waals surface area contributed by atoms with Gasteiger partial charge in [0.1, 0.15) is 17.0 Å². The number of likely N-dealkylation sites (tertiary alicyclic amines) is 1. The van der Waals surface area contributed by atoms with Gasteiger partial charge in [-0.3, -0.25) is 14.5 Å². The number of aromatic nitrogens is 1. The van der Waals surface area contributed by atoms with E-state index in [1.807, 2.05) is 0 Å². The molecule has 0 saturated carbocycles. The van der Waals surface area contributed by atoms with E-state index in [0.29, 0.717) is 16.5 Å². The van der Waals surface area contributed by atoms with Crippen molar-refractivity contribution in [3.63, 3.8) is 0 Å². The zero-order valence-corrected chi connectivity index (χ0v) is 15.0. The Bertz CT molecular complexity index is 1160. The third-order valence-electron chi connectivity index (χ3n) is 4.86. The van der Waals surface area contributed by atoms with Crippen molar-refractivity contribution < 1.29 is 28.3 Å². The van der Waals surface area contributed by atoms with Gasteiger partial charge in [0.05, 0.1) is 6.54 Å². The SMILES string of the molecule is O=C(O)c1cc(-c2ccc(F)cc2)c2ccc(CN3C(=O)CCC3=O)c(F)c2n1. The Morgan fingerprint density at radius 3 is 2.31 bits per heavy atom. The normalized spacial score (nSPS) is 14.1. The molecule has 1 aliphatic rings. The fourth-order valence-corrected chi connectivity index (χ4v) is 3.37. The van der Waals surface area contributed by atoms with Crippen LogP contribution in [0.3, 0.4) is 0 Å². The molecule has 0 atom stereocenters. The zero-order valence-electron chi connectivity index (χ0n) is 15.0. The van der Waals surface area contributed by atoms with Crippen LogP contribution in [-0.2, 0) is 16.1 Å². The molecule has 146 valence electrons. The second-order valence-corrected chi connectivity index (χ2v) is 6.68. The monoisotopic (exact) mass is 396 g/mol.